The molecule has 1 rings (SSSR count). The summed E-state index contributed by atoms with van der Waals surface area (Å²) in [5.41, 5.74) is 1.11. The number of nitrogens with one attached hydrogen (secondary N) is 1. The van der Waals surface area contributed by atoms with Gasteiger partial charge in [-0.15, -0.1) is 0 Å². The zero-order valence-electron chi connectivity index (χ0n) is 11.1. The molecule has 0 fully saturated rings. The highest BCUT2D eigenvalue weighted by molar-refractivity contribution is 7.89. The molecule has 7 heteroatoms. The van der Waals surface area contributed by atoms with E-state index < -0.39 is 16.0 Å². The van der Waals surface area contributed by atoms with Crippen molar-refractivity contribution in [2.24, 2.45) is 0 Å². The maximum absolute atomic E-state index is 12.1. The van der Waals surface area contributed by atoms with E-state index in [0.717, 1.165) is 0 Å². The van der Waals surface area contributed by atoms with Gasteiger partial charge in [-0.05, 0) is 37.1 Å². The average molecular weight is 287 g/mol. The van der Waals surface area contributed by atoms with Gasteiger partial charge < -0.3 is 9.84 Å². The Hall–Kier alpha value is -1.60. The van der Waals surface area contributed by atoms with Crippen LogP contribution in [0.15, 0.2) is 17.0 Å². The van der Waals surface area contributed by atoms with E-state index in [9.17, 15) is 13.2 Å². The number of aryl methyl sites for hydroxylation is 2. The number of hydrogen-bond acceptors (Lipinski definition) is 4. The van der Waals surface area contributed by atoms with E-state index in [0.29, 0.717) is 16.9 Å². The van der Waals surface area contributed by atoms with Gasteiger partial charge in [0.25, 0.3) is 0 Å². The molecule has 1 aromatic rings. The lowest BCUT2D eigenvalue weighted by molar-refractivity contribution is -0.136. The molecule has 0 aliphatic carbocycles. The molecule has 0 saturated carbocycles. The molecule has 2 N–H and O–H groups in total. The Labute approximate surface area is 112 Å². The first-order valence-corrected chi connectivity index (χ1v) is 7.13. The maximum atomic E-state index is 12.1. The van der Waals surface area contributed by atoms with Gasteiger partial charge in [0.15, 0.2) is 0 Å². The van der Waals surface area contributed by atoms with Gasteiger partial charge in [0, 0.05) is 6.54 Å². The topological polar surface area (TPSA) is 92.7 Å². The van der Waals surface area contributed by atoms with Crippen molar-refractivity contribution in [3.63, 3.8) is 0 Å². The number of ether oxygens (including phenoxy) is 1. The van der Waals surface area contributed by atoms with E-state index in [1.807, 2.05) is 0 Å². The third kappa shape index (κ3) is 3.93. The van der Waals surface area contributed by atoms with E-state index in [1.165, 1.54) is 7.11 Å². The highest BCUT2D eigenvalue weighted by Crippen LogP contribution is 2.25. The molecule has 0 spiro atoms. The summed E-state index contributed by atoms with van der Waals surface area (Å²) in [6, 6.07) is 3.25. The Bertz CT molecular complexity index is 557. The van der Waals surface area contributed by atoms with Crippen molar-refractivity contribution in [1.29, 1.82) is 0 Å². The molecule has 6 nitrogen and oxygen atoms in total. The number of carboxylic acids is 1. The molecule has 0 atom stereocenters. The Morgan fingerprint density at radius 3 is 2.26 bits per heavy atom. The van der Waals surface area contributed by atoms with Gasteiger partial charge in [-0.25, -0.2) is 13.1 Å². The fourth-order valence-corrected chi connectivity index (χ4v) is 3.30. The van der Waals surface area contributed by atoms with Gasteiger partial charge in [0.1, 0.15) is 5.75 Å². The van der Waals surface area contributed by atoms with Crippen LogP contribution in [0.2, 0.25) is 0 Å². The van der Waals surface area contributed by atoms with Gasteiger partial charge in [0.05, 0.1) is 18.4 Å². The lowest BCUT2D eigenvalue weighted by Gasteiger charge is -2.13. The second-order valence-corrected chi connectivity index (χ2v) is 5.84. The number of carbonyl (C=O) groups is 1. The standard InChI is InChI=1S/C12H17NO5S/c1-8-6-10(18-3)7-9(2)12(8)19(16,17)13-5-4-11(14)15/h6-7,13H,4-5H2,1-3H3,(H,14,15). The van der Waals surface area contributed by atoms with Crippen molar-refractivity contribution in [2.45, 2.75) is 25.2 Å². The lowest BCUT2D eigenvalue weighted by Crippen LogP contribution is -2.27. The summed E-state index contributed by atoms with van der Waals surface area (Å²) in [4.78, 5) is 10.6. The molecule has 106 valence electrons. The number of hydrogen-bond donors (Lipinski definition) is 2. The van der Waals surface area contributed by atoms with E-state index in [2.05, 4.69) is 4.72 Å². The van der Waals surface area contributed by atoms with Crippen LogP contribution in [0.4, 0.5) is 0 Å². The maximum Gasteiger partial charge on any atom is 0.304 e. The number of carboxylic acid groups (broad SMARTS) is 1. The Balaban J connectivity index is 3.04. The molecule has 19 heavy (non-hydrogen) atoms. The highest BCUT2D eigenvalue weighted by Gasteiger charge is 2.20. The smallest absolute Gasteiger partial charge is 0.304 e. The molecule has 0 bridgehead atoms. The number of benzene rings is 1. The molecule has 1 aromatic carbocycles. The number of aliphatic carboxylic acids is 1. The molecule has 0 saturated heterocycles. The summed E-state index contributed by atoms with van der Waals surface area (Å²) >= 11 is 0. The van der Waals surface area contributed by atoms with Crippen molar-refractivity contribution in [3.8, 4) is 5.75 Å². The molecule has 0 heterocycles. The van der Waals surface area contributed by atoms with E-state index in [-0.39, 0.29) is 17.9 Å². The summed E-state index contributed by atoms with van der Waals surface area (Å²) in [6.07, 6.45) is -0.256. The molecule has 0 unspecified atom stereocenters. The van der Waals surface area contributed by atoms with Crippen LogP contribution in [0.5, 0.6) is 5.75 Å². The molecular formula is C12H17NO5S. The molecule has 0 aromatic heterocycles. The van der Waals surface area contributed by atoms with Crippen LogP contribution in [-0.4, -0.2) is 33.1 Å². The quantitative estimate of drug-likeness (QED) is 0.816. The van der Waals surface area contributed by atoms with E-state index >= 15 is 0 Å². The SMILES string of the molecule is COc1cc(C)c(S(=O)(=O)NCCC(=O)O)c(C)c1. The van der Waals surface area contributed by atoms with Crippen LogP contribution in [0.3, 0.4) is 0 Å². The van der Waals surface area contributed by atoms with Gasteiger partial charge >= 0.3 is 5.97 Å². The first-order valence-electron chi connectivity index (χ1n) is 5.64. The van der Waals surface area contributed by atoms with Crippen LogP contribution >= 0.6 is 0 Å². The van der Waals surface area contributed by atoms with Crippen LogP contribution < -0.4 is 9.46 Å². The zero-order valence-corrected chi connectivity index (χ0v) is 11.9. The second kappa shape index (κ2) is 6.03. The van der Waals surface area contributed by atoms with Gasteiger partial charge in [-0.1, -0.05) is 0 Å². The minimum Gasteiger partial charge on any atom is -0.497 e. The minimum atomic E-state index is -3.71. The van der Waals surface area contributed by atoms with Crippen molar-refractivity contribution in [2.75, 3.05) is 13.7 Å². The summed E-state index contributed by atoms with van der Waals surface area (Å²) in [7, 11) is -2.20. The first-order chi connectivity index (χ1) is 8.77. The molecule has 0 radical (unpaired) electrons. The number of sulfonamides is 1. The van der Waals surface area contributed by atoms with Crippen LogP contribution in [0.1, 0.15) is 17.5 Å². The van der Waals surface area contributed by atoms with Gasteiger partial charge in [0.2, 0.25) is 10.0 Å². The predicted octanol–water partition coefficient (Wildman–Crippen LogP) is 1.07. The summed E-state index contributed by atoms with van der Waals surface area (Å²) in [6.45, 7) is 3.20. The van der Waals surface area contributed by atoms with Crippen LogP contribution in [-0.2, 0) is 14.8 Å². The largest absolute Gasteiger partial charge is 0.497 e. The minimum absolute atomic E-state index is 0.136. The first kappa shape index (κ1) is 15.5. The number of rotatable bonds is 6. The summed E-state index contributed by atoms with van der Waals surface area (Å²) in [5, 5.41) is 8.51. The second-order valence-electron chi connectivity index (χ2n) is 4.13. The normalized spacial score (nSPS) is 11.3. The van der Waals surface area contributed by atoms with Crippen LogP contribution in [0, 0.1) is 13.8 Å². The lowest BCUT2D eigenvalue weighted by atomic mass is 10.1. The van der Waals surface area contributed by atoms with Crippen molar-refractivity contribution in [1.82, 2.24) is 4.72 Å². The average Bonchev–Trinajstić information content (AvgIpc) is 2.26. The third-order valence-electron chi connectivity index (χ3n) is 2.57. The van der Waals surface area contributed by atoms with Crippen LogP contribution in [0.25, 0.3) is 0 Å². The van der Waals surface area contributed by atoms with Gasteiger partial charge in [-0.2, -0.15) is 0 Å². The highest BCUT2D eigenvalue weighted by atomic mass is 32.2. The Kier molecular flexibility index (Phi) is 4.90. The number of methoxy groups -OCH3 is 1. The fraction of sp³-hybridized carbons (Fsp3) is 0.417. The van der Waals surface area contributed by atoms with Crippen molar-refractivity contribution < 1.29 is 23.1 Å². The van der Waals surface area contributed by atoms with E-state index in [1.54, 1.807) is 26.0 Å². The molecule has 0 aliphatic rings. The fourth-order valence-electron chi connectivity index (χ4n) is 1.82. The summed E-state index contributed by atoms with van der Waals surface area (Å²) < 4.78 is 31.6. The molecular weight excluding hydrogens is 270 g/mol. The van der Waals surface area contributed by atoms with E-state index in [4.69, 9.17) is 9.84 Å². The monoisotopic (exact) mass is 287 g/mol. The zero-order chi connectivity index (χ0) is 14.6. The van der Waals surface area contributed by atoms with Gasteiger partial charge in [-0.3, -0.25) is 4.79 Å². The predicted molar refractivity (Wildman–Crippen MR) is 69.9 cm³/mol. The molecule has 0 amide bonds. The molecule has 0 aliphatic heterocycles. The third-order valence-corrected chi connectivity index (χ3v) is 4.33. The summed E-state index contributed by atoms with van der Waals surface area (Å²) in [5.74, 6) is -0.467. The van der Waals surface area contributed by atoms with Crippen molar-refractivity contribution >= 4 is 16.0 Å². The Morgan fingerprint density at radius 2 is 1.84 bits per heavy atom. The van der Waals surface area contributed by atoms with Crippen molar-refractivity contribution in [3.05, 3.63) is 23.3 Å². The Morgan fingerprint density at radius 1 is 1.32 bits per heavy atom.